The van der Waals surface area contributed by atoms with Gasteiger partial charge in [0.1, 0.15) is 18.1 Å². The molecule has 47 heavy (non-hydrogen) atoms. The molecule has 4 atom stereocenters. The van der Waals surface area contributed by atoms with Crippen LogP contribution in [0, 0.1) is 5.92 Å². The third kappa shape index (κ3) is 13.4. The molecular weight excluding hydrogens is 612 g/mol. The van der Waals surface area contributed by atoms with Gasteiger partial charge in [-0.2, -0.15) is 0 Å². The number of nitrogens with two attached hydrogens (primary N) is 4. The van der Waals surface area contributed by atoms with Crippen molar-refractivity contribution in [1.82, 2.24) is 26.3 Å². The van der Waals surface area contributed by atoms with Crippen LogP contribution in [0.2, 0.25) is 0 Å². The minimum Gasteiger partial charge on any atom is -0.481 e. The monoisotopic (exact) mass is 658 g/mol. The van der Waals surface area contributed by atoms with Crippen molar-refractivity contribution in [3.63, 3.8) is 0 Å². The first-order chi connectivity index (χ1) is 22.2. The summed E-state index contributed by atoms with van der Waals surface area (Å²) in [5.74, 6) is -4.87. The molecule has 0 bridgehead atoms. The molecule has 0 radical (unpaired) electrons. The molecule has 4 unspecified atom stereocenters. The van der Waals surface area contributed by atoms with E-state index in [4.69, 9.17) is 28.0 Å². The number of hydrogen-bond acceptors (Lipinski definition) is 8. The first-order valence-corrected chi connectivity index (χ1v) is 15.2. The fourth-order valence-corrected chi connectivity index (χ4v) is 4.72. The number of primary amides is 1. The van der Waals surface area contributed by atoms with Crippen LogP contribution in [0.25, 0.3) is 10.9 Å². The molecule has 0 aliphatic heterocycles. The Hall–Kier alpha value is -5.19. The summed E-state index contributed by atoms with van der Waals surface area (Å²) in [5, 5.41) is 19.8. The Bertz CT molecular complexity index is 1440. The minimum atomic E-state index is -1.15. The summed E-state index contributed by atoms with van der Waals surface area (Å²) in [6.45, 7) is 3.31. The van der Waals surface area contributed by atoms with E-state index in [2.05, 4.69) is 31.2 Å². The van der Waals surface area contributed by atoms with E-state index < -0.39 is 66.2 Å². The molecule has 5 amide bonds. The average molecular weight is 659 g/mol. The molecule has 0 saturated heterocycles. The lowest BCUT2D eigenvalue weighted by Gasteiger charge is -2.25. The topological polar surface area (TPSA) is 303 Å². The third-order valence-electron chi connectivity index (χ3n) is 7.13. The Morgan fingerprint density at radius 3 is 2.19 bits per heavy atom. The molecule has 0 saturated carbocycles. The van der Waals surface area contributed by atoms with E-state index in [9.17, 15) is 28.8 Å². The zero-order valence-electron chi connectivity index (χ0n) is 26.6. The van der Waals surface area contributed by atoms with Crippen molar-refractivity contribution >= 4 is 52.4 Å². The highest BCUT2D eigenvalue weighted by molar-refractivity contribution is 5.95. The molecule has 17 nitrogen and oxygen atoms in total. The summed E-state index contributed by atoms with van der Waals surface area (Å²) >= 11 is 0. The number of carboxylic acids is 1. The maximum atomic E-state index is 13.5. The third-order valence-corrected chi connectivity index (χ3v) is 7.13. The van der Waals surface area contributed by atoms with Crippen LogP contribution in [0.5, 0.6) is 0 Å². The summed E-state index contributed by atoms with van der Waals surface area (Å²) in [6, 6.07) is 2.97. The van der Waals surface area contributed by atoms with E-state index in [1.54, 1.807) is 6.20 Å². The fourth-order valence-electron chi connectivity index (χ4n) is 4.72. The zero-order chi connectivity index (χ0) is 35.1. The molecule has 0 fully saturated rings. The summed E-state index contributed by atoms with van der Waals surface area (Å²) in [4.78, 5) is 81.9. The first kappa shape index (κ1) is 38.0. The van der Waals surface area contributed by atoms with Crippen molar-refractivity contribution < 1.29 is 33.9 Å². The number of carbonyl (C=O) groups is 6. The van der Waals surface area contributed by atoms with Crippen LogP contribution in [0.1, 0.15) is 51.5 Å². The number of aromatic amines is 1. The van der Waals surface area contributed by atoms with E-state index in [1.807, 2.05) is 38.1 Å². The molecule has 1 aromatic heterocycles. The standard InChI is InChI=1S/C30H46N10O7/c1-16(2)12-23(38-24(41)15-37-27(45)19(31)9-10-25(42)43)29(47)39-21(8-5-11-35-30(33)34)28(46)40-22(26(32)44)13-17-14-36-20-7-4-3-6-18(17)20/h3-4,6-7,14,16,19,21-23,36H,5,8-13,15,31H2,1-2H3,(H2,32,44)(H,37,45)(H,38,41)(H,39,47)(H,40,46)(H,42,43)(H4,33,34,35). The normalized spacial score (nSPS) is 13.5. The number of benzene rings is 1. The number of fused-ring (bicyclic) bond motifs is 1. The average Bonchev–Trinajstić information content (AvgIpc) is 3.41. The summed E-state index contributed by atoms with van der Waals surface area (Å²) in [7, 11) is 0. The van der Waals surface area contributed by atoms with Gasteiger partial charge >= 0.3 is 5.97 Å². The predicted molar refractivity (Wildman–Crippen MR) is 174 cm³/mol. The lowest BCUT2D eigenvalue weighted by atomic mass is 10.0. The zero-order valence-corrected chi connectivity index (χ0v) is 26.6. The second-order valence-electron chi connectivity index (χ2n) is 11.5. The number of para-hydroxylation sites is 1. The maximum Gasteiger partial charge on any atom is 0.303 e. The molecule has 1 aromatic carbocycles. The molecule has 1 heterocycles. The lowest BCUT2D eigenvalue weighted by Crippen LogP contribution is -2.57. The van der Waals surface area contributed by atoms with Crippen molar-refractivity contribution in [2.75, 3.05) is 13.1 Å². The predicted octanol–water partition coefficient (Wildman–Crippen LogP) is -1.94. The number of aliphatic imine (C=N–C) groups is 1. The van der Waals surface area contributed by atoms with E-state index in [-0.39, 0.29) is 56.9 Å². The summed E-state index contributed by atoms with van der Waals surface area (Å²) < 4.78 is 0. The largest absolute Gasteiger partial charge is 0.481 e. The number of hydrogen-bond donors (Lipinski definition) is 10. The molecule has 2 aromatic rings. The van der Waals surface area contributed by atoms with Crippen LogP contribution in [0.15, 0.2) is 35.5 Å². The molecule has 14 N–H and O–H groups in total. The van der Waals surface area contributed by atoms with Gasteiger partial charge in [-0.1, -0.05) is 32.0 Å². The number of aliphatic carboxylic acids is 1. The molecule has 17 heteroatoms. The van der Waals surface area contributed by atoms with Gasteiger partial charge in [0.2, 0.25) is 29.5 Å². The number of H-pyrrole nitrogens is 1. The van der Waals surface area contributed by atoms with Crippen LogP contribution < -0.4 is 44.2 Å². The second-order valence-corrected chi connectivity index (χ2v) is 11.5. The van der Waals surface area contributed by atoms with Crippen molar-refractivity contribution in [3.8, 4) is 0 Å². The number of carbonyl (C=O) groups excluding carboxylic acids is 5. The highest BCUT2D eigenvalue weighted by Gasteiger charge is 2.30. The van der Waals surface area contributed by atoms with Crippen LogP contribution >= 0.6 is 0 Å². The van der Waals surface area contributed by atoms with Crippen molar-refractivity contribution in [2.45, 2.75) is 76.5 Å². The highest BCUT2D eigenvalue weighted by atomic mass is 16.4. The molecule has 2 rings (SSSR count). The summed E-state index contributed by atoms with van der Waals surface area (Å²) in [6.07, 6.45) is 1.95. The van der Waals surface area contributed by atoms with Crippen molar-refractivity contribution in [3.05, 3.63) is 36.0 Å². The van der Waals surface area contributed by atoms with Crippen LogP contribution in [0.4, 0.5) is 0 Å². The number of aromatic nitrogens is 1. The van der Waals surface area contributed by atoms with Crippen LogP contribution in [-0.2, 0) is 35.2 Å². The van der Waals surface area contributed by atoms with Gasteiger partial charge in [-0.05, 0) is 43.2 Å². The van der Waals surface area contributed by atoms with Crippen molar-refractivity contribution in [2.24, 2.45) is 33.8 Å². The van der Waals surface area contributed by atoms with Gasteiger partial charge in [0.05, 0.1) is 12.6 Å². The van der Waals surface area contributed by atoms with Gasteiger partial charge in [0.25, 0.3) is 0 Å². The highest BCUT2D eigenvalue weighted by Crippen LogP contribution is 2.19. The molecule has 0 aliphatic rings. The molecular formula is C30H46N10O7. The van der Waals surface area contributed by atoms with E-state index in [0.717, 1.165) is 16.5 Å². The molecule has 0 spiro atoms. The van der Waals surface area contributed by atoms with Gasteiger partial charge < -0.3 is 54.3 Å². The Kier molecular flexibility index (Phi) is 15.1. The number of rotatable bonds is 20. The van der Waals surface area contributed by atoms with Gasteiger partial charge in [-0.25, -0.2) is 0 Å². The number of nitrogens with one attached hydrogen (secondary N) is 5. The van der Waals surface area contributed by atoms with Gasteiger partial charge in [-0.15, -0.1) is 0 Å². The SMILES string of the molecule is CC(C)CC(NC(=O)CNC(=O)C(N)CCC(=O)O)C(=O)NC(CCCN=C(N)N)C(=O)NC(Cc1c[nH]c2ccccc12)C(N)=O. The quantitative estimate of drug-likeness (QED) is 0.0426. The van der Waals surface area contributed by atoms with Gasteiger partial charge in [-0.3, -0.25) is 33.8 Å². The van der Waals surface area contributed by atoms with E-state index in [1.165, 1.54) is 0 Å². The number of nitrogens with zero attached hydrogens (tertiary/aromatic N) is 1. The number of amides is 5. The smallest absolute Gasteiger partial charge is 0.303 e. The number of guanidine groups is 1. The minimum absolute atomic E-state index is 0.0605. The van der Waals surface area contributed by atoms with Crippen LogP contribution in [0.3, 0.4) is 0 Å². The number of carboxylic acid groups (broad SMARTS) is 1. The maximum absolute atomic E-state index is 13.5. The Morgan fingerprint density at radius 2 is 1.55 bits per heavy atom. The van der Waals surface area contributed by atoms with Crippen molar-refractivity contribution in [1.29, 1.82) is 0 Å². The van der Waals surface area contributed by atoms with Crippen LogP contribution in [-0.4, -0.2) is 88.8 Å². The Labute approximate surface area is 272 Å². The van der Waals surface area contributed by atoms with E-state index >= 15 is 0 Å². The second kappa shape index (κ2) is 18.7. The summed E-state index contributed by atoms with van der Waals surface area (Å²) in [5.41, 5.74) is 23.7. The molecule has 0 aliphatic carbocycles. The Balaban J connectivity index is 2.15. The fraction of sp³-hybridized carbons (Fsp3) is 0.500. The van der Waals surface area contributed by atoms with E-state index in [0.29, 0.717) is 0 Å². The Morgan fingerprint density at radius 1 is 0.894 bits per heavy atom. The van der Waals surface area contributed by atoms with Gasteiger partial charge in [0, 0.05) is 36.5 Å². The molecule has 258 valence electrons. The van der Waals surface area contributed by atoms with Gasteiger partial charge in [0.15, 0.2) is 5.96 Å². The first-order valence-electron chi connectivity index (χ1n) is 15.2. The lowest BCUT2D eigenvalue weighted by molar-refractivity contribution is -0.137.